The summed E-state index contributed by atoms with van der Waals surface area (Å²) in [5.41, 5.74) is 0.439. The van der Waals surface area contributed by atoms with Gasteiger partial charge >= 0.3 is 5.97 Å². The summed E-state index contributed by atoms with van der Waals surface area (Å²) < 4.78 is 4.83. The molecular formula is C10H12O4. The molecule has 4 nitrogen and oxygen atoms in total. The number of methoxy groups -OCH3 is 1. The summed E-state index contributed by atoms with van der Waals surface area (Å²) in [4.78, 5) is 10.6. The molecule has 4 heteroatoms. The molecule has 1 unspecified atom stereocenters. The molecule has 1 aliphatic carbocycles. The maximum absolute atomic E-state index is 10.6. The number of ether oxygens (including phenoxy) is 1. The van der Waals surface area contributed by atoms with Crippen LogP contribution in [0, 0.1) is 0 Å². The molecule has 0 fully saturated rings. The van der Waals surface area contributed by atoms with E-state index < -0.39 is 11.8 Å². The molecule has 0 bridgehead atoms. The van der Waals surface area contributed by atoms with Crippen molar-refractivity contribution in [3.05, 3.63) is 36.0 Å². The molecule has 0 saturated heterocycles. The first kappa shape index (κ1) is 10.7. The number of rotatable bonds is 3. The summed E-state index contributed by atoms with van der Waals surface area (Å²) in [7, 11) is 1.36. The van der Waals surface area contributed by atoms with Crippen LogP contribution in [0.4, 0.5) is 0 Å². The van der Waals surface area contributed by atoms with Crippen molar-refractivity contribution in [1.82, 2.24) is 0 Å². The van der Waals surface area contributed by atoms with Crippen molar-refractivity contribution in [3.63, 3.8) is 0 Å². The highest BCUT2D eigenvalue weighted by molar-refractivity contribution is 5.91. The van der Waals surface area contributed by atoms with Gasteiger partial charge < -0.3 is 14.9 Å². The van der Waals surface area contributed by atoms with Gasteiger partial charge in [0, 0.05) is 13.5 Å². The van der Waals surface area contributed by atoms with Gasteiger partial charge in [-0.3, -0.25) is 0 Å². The van der Waals surface area contributed by atoms with E-state index in [0.29, 0.717) is 5.57 Å². The number of hydrogen-bond acceptors (Lipinski definition) is 3. The van der Waals surface area contributed by atoms with E-state index in [1.54, 1.807) is 12.2 Å². The van der Waals surface area contributed by atoms with E-state index in [1.165, 1.54) is 13.2 Å². The fourth-order valence-corrected chi connectivity index (χ4v) is 1.19. The Labute approximate surface area is 81.8 Å². The van der Waals surface area contributed by atoms with E-state index in [-0.39, 0.29) is 12.0 Å². The minimum absolute atomic E-state index is 0.0233. The number of aliphatic hydroxyl groups is 1. The van der Waals surface area contributed by atoms with Gasteiger partial charge in [-0.25, -0.2) is 4.79 Å². The van der Waals surface area contributed by atoms with Gasteiger partial charge in [-0.15, -0.1) is 0 Å². The fourth-order valence-electron chi connectivity index (χ4n) is 1.19. The second-order valence-electron chi connectivity index (χ2n) is 3.06. The minimum Gasteiger partial charge on any atom is -0.478 e. The molecule has 1 rings (SSSR count). The Morgan fingerprint density at radius 1 is 1.71 bits per heavy atom. The Balaban J connectivity index is 2.85. The molecule has 0 heterocycles. The van der Waals surface area contributed by atoms with E-state index in [2.05, 4.69) is 6.58 Å². The molecule has 0 spiro atoms. The van der Waals surface area contributed by atoms with Crippen LogP contribution in [0.5, 0.6) is 0 Å². The minimum atomic E-state index is -1.41. The largest absolute Gasteiger partial charge is 0.478 e. The molecule has 0 aromatic carbocycles. The van der Waals surface area contributed by atoms with Gasteiger partial charge in [0.25, 0.3) is 0 Å². The second kappa shape index (κ2) is 3.77. The monoisotopic (exact) mass is 196 g/mol. The fraction of sp³-hybridized carbons (Fsp3) is 0.300. The van der Waals surface area contributed by atoms with Crippen LogP contribution in [-0.4, -0.2) is 29.1 Å². The molecule has 0 aromatic heterocycles. The van der Waals surface area contributed by atoms with Gasteiger partial charge in [0.1, 0.15) is 0 Å². The Bertz CT molecular complexity index is 327. The summed E-state index contributed by atoms with van der Waals surface area (Å²) in [6.07, 6.45) is 4.72. The number of allylic oxidation sites excluding steroid dienone is 2. The van der Waals surface area contributed by atoms with Gasteiger partial charge in [-0.1, -0.05) is 18.7 Å². The van der Waals surface area contributed by atoms with Crippen molar-refractivity contribution in [2.45, 2.75) is 12.2 Å². The van der Waals surface area contributed by atoms with Crippen molar-refractivity contribution in [2.75, 3.05) is 7.11 Å². The third-order valence-corrected chi connectivity index (χ3v) is 2.10. The first-order chi connectivity index (χ1) is 6.48. The van der Waals surface area contributed by atoms with Gasteiger partial charge in [0.05, 0.1) is 5.57 Å². The Kier molecular flexibility index (Phi) is 2.88. The molecule has 14 heavy (non-hydrogen) atoms. The van der Waals surface area contributed by atoms with Crippen LogP contribution in [0.2, 0.25) is 0 Å². The van der Waals surface area contributed by atoms with Crippen LogP contribution in [0.25, 0.3) is 0 Å². The molecule has 2 N–H and O–H groups in total. The predicted molar refractivity (Wildman–Crippen MR) is 50.6 cm³/mol. The topological polar surface area (TPSA) is 66.8 Å². The van der Waals surface area contributed by atoms with Gasteiger partial charge in [-0.05, 0) is 11.6 Å². The molecular weight excluding hydrogens is 184 g/mol. The van der Waals surface area contributed by atoms with Crippen LogP contribution in [0.3, 0.4) is 0 Å². The highest BCUT2D eigenvalue weighted by Gasteiger charge is 2.28. The number of carboxylic acids is 1. The summed E-state index contributed by atoms with van der Waals surface area (Å²) in [6.45, 7) is 3.41. The highest BCUT2D eigenvalue weighted by Crippen LogP contribution is 2.27. The van der Waals surface area contributed by atoms with E-state index >= 15 is 0 Å². The zero-order chi connectivity index (χ0) is 10.8. The van der Waals surface area contributed by atoms with Gasteiger partial charge in [-0.2, -0.15) is 0 Å². The summed E-state index contributed by atoms with van der Waals surface area (Å²) >= 11 is 0. The van der Waals surface area contributed by atoms with Crippen LogP contribution < -0.4 is 0 Å². The first-order valence-electron chi connectivity index (χ1n) is 4.07. The zero-order valence-electron chi connectivity index (χ0n) is 7.86. The van der Waals surface area contributed by atoms with Crippen molar-refractivity contribution >= 4 is 5.97 Å². The smallest absolute Gasteiger partial charge is 0.335 e. The summed E-state index contributed by atoms with van der Waals surface area (Å²) in [6, 6.07) is 0. The molecule has 0 radical (unpaired) electrons. The lowest BCUT2D eigenvalue weighted by Gasteiger charge is -2.26. The van der Waals surface area contributed by atoms with Crippen molar-refractivity contribution in [1.29, 1.82) is 0 Å². The molecule has 0 saturated carbocycles. The van der Waals surface area contributed by atoms with Crippen molar-refractivity contribution in [2.24, 2.45) is 0 Å². The Morgan fingerprint density at radius 3 is 2.86 bits per heavy atom. The Morgan fingerprint density at radius 2 is 2.36 bits per heavy atom. The lowest BCUT2D eigenvalue weighted by molar-refractivity contribution is -0.145. The lowest BCUT2D eigenvalue weighted by atomic mass is 9.94. The van der Waals surface area contributed by atoms with E-state index in [0.717, 1.165) is 0 Å². The molecule has 0 aromatic rings. The van der Waals surface area contributed by atoms with Crippen LogP contribution in [-0.2, 0) is 9.53 Å². The van der Waals surface area contributed by atoms with E-state index in [9.17, 15) is 9.90 Å². The third kappa shape index (κ3) is 2.10. The second-order valence-corrected chi connectivity index (χ2v) is 3.06. The van der Waals surface area contributed by atoms with Crippen LogP contribution in [0.1, 0.15) is 6.42 Å². The lowest BCUT2D eigenvalue weighted by Crippen LogP contribution is -2.31. The summed E-state index contributed by atoms with van der Waals surface area (Å²) in [5.74, 6) is -2.51. The number of hydrogen-bond donors (Lipinski definition) is 2. The van der Waals surface area contributed by atoms with Crippen LogP contribution >= 0.6 is 0 Å². The normalized spacial score (nSPS) is 25.7. The number of carbonyl (C=O) groups is 1. The van der Waals surface area contributed by atoms with Crippen molar-refractivity contribution < 1.29 is 19.7 Å². The van der Waals surface area contributed by atoms with Gasteiger partial charge in [0.15, 0.2) is 5.79 Å². The third-order valence-electron chi connectivity index (χ3n) is 2.10. The number of aliphatic carboxylic acids is 1. The molecule has 0 aliphatic heterocycles. The standard InChI is InChI=1S/C10H12O4/c1-7(9(11)12)8-4-3-5-10(13,6-8)14-2/h3-5,13H,1,6H2,2H3,(H,11,12). The number of carboxylic acid groups (broad SMARTS) is 1. The average molecular weight is 196 g/mol. The Hall–Kier alpha value is -1.39. The molecule has 1 aliphatic rings. The molecule has 1 atom stereocenters. The SMILES string of the molecule is C=C(C(=O)O)C1=CC=CC(O)(OC)C1. The predicted octanol–water partition coefficient (Wildman–Crippen LogP) is 0.848. The average Bonchev–Trinajstić information content (AvgIpc) is 2.16. The first-order valence-corrected chi connectivity index (χ1v) is 4.07. The van der Waals surface area contributed by atoms with E-state index in [4.69, 9.17) is 9.84 Å². The van der Waals surface area contributed by atoms with Crippen molar-refractivity contribution in [3.8, 4) is 0 Å². The maximum Gasteiger partial charge on any atom is 0.335 e. The zero-order valence-corrected chi connectivity index (χ0v) is 7.86. The quantitative estimate of drug-likeness (QED) is 0.518. The summed E-state index contributed by atoms with van der Waals surface area (Å²) in [5, 5.41) is 18.4. The maximum atomic E-state index is 10.6. The molecule has 0 amide bonds. The van der Waals surface area contributed by atoms with Crippen LogP contribution in [0.15, 0.2) is 36.0 Å². The van der Waals surface area contributed by atoms with Gasteiger partial charge in [0.2, 0.25) is 0 Å². The van der Waals surface area contributed by atoms with E-state index in [1.807, 2.05) is 0 Å². The highest BCUT2D eigenvalue weighted by atomic mass is 16.6. The molecule has 76 valence electrons.